The number of H-pyrrole nitrogens is 1. The van der Waals surface area contributed by atoms with E-state index in [1.54, 1.807) is 25.1 Å². The van der Waals surface area contributed by atoms with E-state index >= 15 is 0 Å². The fourth-order valence-electron chi connectivity index (χ4n) is 3.81. The number of hydrogen-bond acceptors (Lipinski definition) is 7. The summed E-state index contributed by atoms with van der Waals surface area (Å²) in [5, 5.41) is 25.3. The summed E-state index contributed by atoms with van der Waals surface area (Å²) in [6.45, 7) is 2.49. The Hall–Kier alpha value is -3.34. The minimum absolute atomic E-state index is 0.0680. The van der Waals surface area contributed by atoms with Crippen molar-refractivity contribution in [2.45, 2.75) is 25.8 Å². The lowest BCUT2D eigenvalue weighted by Gasteiger charge is -2.24. The van der Waals surface area contributed by atoms with Crippen molar-refractivity contribution in [3.63, 3.8) is 0 Å². The van der Waals surface area contributed by atoms with Crippen molar-refractivity contribution >= 4 is 23.5 Å². The average Bonchev–Trinajstić information content (AvgIpc) is 3.41. The number of nitrogens with zero attached hydrogens (tertiary/aromatic N) is 2. The second-order valence-electron chi connectivity index (χ2n) is 8.16. The van der Waals surface area contributed by atoms with Gasteiger partial charge in [-0.15, -0.1) is 0 Å². The maximum absolute atomic E-state index is 14.3. The number of aromatic amines is 1. The van der Waals surface area contributed by atoms with Crippen LogP contribution in [0, 0.1) is 11.7 Å². The van der Waals surface area contributed by atoms with Crippen LogP contribution in [0.4, 0.5) is 4.39 Å². The molecule has 1 heterocycles. The molecule has 9 nitrogen and oxygen atoms in total. The third-order valence-corrected chi connectivity index (χ3v) is 5.76. The molecule has 2 aromatic carbocycles. The molecule has 2 atom stereocenters. The zero-order valence-corrected chi connectivity index (χ0v) is 20.6. The predicted octanol–water partition coefficient (Wildman–Crippen LogP) is 2.76. The molecular weight excluding hydrogens is 489 g/mol. The highest BCUT2D eigenvalue weighted by Gasteiger charge is 2.26. The Kier molecular flexibility index (Phi) is 10.3. The van der Waals surface area contributed by atoms with Crippen LogP contribution in [0.25, 0.3) is 11.1 Å². The number of ether oxygens (including phenoxy) is 1. The van der Waals surface area contributed by atoms with Gasteiger partial charge in [0.2, 0.25) is 0 Å². The van der Waals surface area contributed by atoms with E-state index in [0.29, 0.717) is 29.1 Å². The second kappa shape index (κ2) is 13.7. The van der Waals surface area contributed by atoms with E-state index in [0.717, 1.165) is 5.56 Å². The van der Waals surface area contributed by atoms with Crippen LogP contribution >= 0.6 is 11.6 Å². The number of nitrogens with one attached hydrogen (secondary N) is 3. The number of rotatable bonds is 13. The zero-order chi connectivity index (χ0) is 25.9. The van der Waals surface area contributed by atoms with E-state index in [4.69, 9.17) is 21.4 Å². The topological polar surface area (TPSA) is 129 Å². The predicted molar refractivity (Wildman–Crippen MR) is 133 cm³/mol. The number of aliphatic hydroxyl groups is 1. The molecule has 1 amide bonds. The highest BCUT2D eigenvalue weighted by Crippen LogP contribution is 2.27. The third kappa shape index (κ3) is 7.84. The Morgan fingerprint density at radius 1 is 1.22 bits per heavy atom. The summed E-state index contributed by atoms with van der Waals surface area (Å²) in [5.41, 5.74) is 2.05. The largest absolute Gasteiger partial charge is 0.466 e. The first kappa shape index (κ1) is 27.3. The molecule has 2 unspecified atom stereocenters. The van der Waals surface area contributed by atoms with E-state index in [9.17, 15) is 14.0 Å². The summed E-state index contributed by atoms with van der Waals surface area (Å²) < 4.78 is 19.5. The van der Waals surface area contributed by atoms with Crippen LogP contribution in [0.3, 0.4) is 0 Å². The smallest absolute Gasteiger partial charge is 0.310 e. The molecule has 36 heavy (non-hydrogen) atoms. The van der Waals surface area contributed by atoms with Gasteiger partial charge in [0.25, 0.3) is 5.91 Å². The molecule has 1 aromatic heterocycles. The van der Waals surface area contributed by atoms with Gasteiger partial charge in [-0.05, 0) is 49.1 Å². The van der Waals surface area contributed by atoms with Gasteiger partial charge < -0.3 is 20.5 Å². The number of carbonyl (C=O) groups is 2. The van der Waals surface area contributed by atoms with Gasteiger partial charge in [0.15, 0.2) is 5.69 Å². The number of halogens is 2. The molecule has 0 radical (unpaired) electrons. The van der Waals surface area contributed by atoms with Crippen LogP contribution in [-0.2, 0) is 16.0 Å². The van der Waals surface area contributed by atoms with Crippen LogP contribution in [0.2, 0.25) is 5.02 Å². The number of aromatic nitrogens is 3. The quantitative estimate of drug-likeness (QED) is 0.203. The van der Waals surface area contributed by atoms with E-state index in [1.165, 1.54) is 18.3 Å². The summed E-state index contributed by atoms with van der Waals surface area (Å²) in [6, 6.07) is 11.2. The molecule has 4 N–H and O–H groups in total. The number of aliphatic hydroxyl groups excluding tert-OH is 1. The van der Waals surface area contributed by atoms with Gasteiger partial charge in [-0.25, -0.2) is 4.39 Å². The maximum Gasteiger partial charge on any atom is 0.310 e. The third-order valence-electron chi connectivity index (χ3n) is 5.53. The fraction of sp³-hybridized carbons (Fsp3) is 0.360. The molecule has 0 saturated carbocycles. The Morgan fingerprint density at radius 3 is 2.67 bits per heavy atom. The summed E-state index contributed by atoms with van der Waals surface area (Å²) in [5.74, 6) is -1.76. The fourth-order valence-corrected chi connectivity index (χ4v) is 3.98. The van der Waals surface area contributed by atoms with Crippen molar-refractivity contribution in [2.75, 3.05) is 26.3 Å². The van der Waals surface area contributed by atoms with Crippen molar-refractivity contribution in [3.8, 4) is 11.1 Å². The maximum atomic E-state index is 14.3. The first-order valence-corrected chi connectivity index (χ1v) is 12.0. The Bertz CT molecular complexity index is 1130. The molecule has 0 bridgehead atoms. The molecule has 0 spiro atoms. The van der Waals surface area contributed by atoms with Crippen molar-refractivity contribution in [2.24, 2.45) is 5.92 Å². The number of esters is 1. The van der Waals surface area contributed by atoms with Gasteiger partial charge in [-0.3, -0.25) is 9.59 Å². The van der Waals surface area contributed by atoms with Crippen molar-refractivity contribution in [1.82, 2.24) is 26.0 Å². The summed E-state index contributed by atoms with van der Waals surface area (Å²) in [6.07, 6.45) is 2.00. The van der Waals surface area contributed by atoms with Crippen molar-refractivity contribution in [3.05, 3.63) is 70.8 Å². The van der Waals surface area contributed by atoms with Gasteiger partial charge >= 0.3 is 5.97 Å². The van der Waals surface area contributed by atoms with Crippen LogP contribution in [0.15, 0.2) is 48.7 Å². The van der Waals surface area contributed by atoms with Crippen LogP contribution in [0.5, 0.6) is 0 Å². The molecule has 3 aromatic rings. The van der Waals surface area contributed by atoms with Crippen molar-refractivity contribution in [1.29, 1.82) is 0 Å². The van der Waals surface area contributed by atoms with E-state index < -0.39 is 23.8 Å². The molecule has 3 rings (SSSR count). The number of benzene rings is 2. The Balaban J connectivity index is 1.79. The number of amides is 1. The van der Waals surface area contributed by atoms with Crippen LogP contribution in [0.1, 0.15) is 29.4 Å². The van der Waals surface area contributed by atoms with Crippen LogP contribution < -0.4 is 10.6 Å². The SMILES string of the molecule is CCOC(=O)C(CNCCO)CC(Cc1ccc(-c2cc(Cl)ccc2F)cc1)NC(=O)c1cn[nH]n1. The van der Waals surface area contributed by atoms with Gasteiger partial charge in [0, 0.05) is 29.7 Å². The van der Waals surface area contributed by atoms with Crippen molar-refractivity contribution < 1.29 is 23.8 Å². The van der Waals surface area contributed by atoms with E-state index in [2.05, 4.69) is 26.0 Å². The first-order valence-electron chi connectivity index (χ1n) is 11.6. The van der Waals surface area contributed by atoms with Gasteiger partial charge in [0.1, 0.15) is 5.82 Å². The van der Waals surface area contributed by atoms with Gasteiger partial charge in [-0.2, -0.15) is 15.4 Å². The molecule has 11 heteroatoms. The number of carbonyl (C=O) groups excluding carboxylic acids is 2. The zero-order valence-electron chi connectivity index (χ0n) is 19.8. The summed E-state index contributed by atoms with van der Waals surface area (Å²) >= 11 is 6.02. The molecule has 0 saturated heterocycles. The Labute approximate surface area is 213 Å². The molecule has 192 valence electrons. The Morgan fingerprint density at radius 2 is 2.00 bits per heavy atom. The molecule has 0 fully saturated rings. The first-order chi connectivity index (χ1) is 17.4. The van der Waals surface area contributed by atoms with E-state index in [-0.39, 0.29) is 37.7 Å². The lowest BCUT2D eigenvalue weighted by Crippen LogP contribution is -2.42. The second-order valence-corrected chi connectivity index (χ2v) is 8.60. The lowest BCUT2D eigenvalue weighted by molar-refractivity contribution is -0.148. The molecule has 0 aliphatic rings. The monoisotopic (exact) mass is 517 g/mol. The average molecular weight is 518 g/mol. The standard InChI is InChI=1S/C25H29ClFN5O4/c1-2-36-25(35)18(14-28-9-10-33)12-20(30-24(34)23-15-29-32-31-23)11-16-3-5-17(6-4-16)21-13-19(26)7-8-22(21)27/h3-8,13,15,18,20,28,33H,2,9-12,14H2,1H3,(H,30,34)(H,29,31,32). The van der Waals surface area contributed by atoms with Crippen LogP contribution in [-0.4, -0.2) is 64.7 Å². The van der Waals surface area contributed by atoms with Gasteiger partial charge in [-0.1, -0.05) is 35.9 Å². The highest BCUT2D eigenvalue weighted by molar-refractivity contribution is 6.30. The molecule has 0 aliphatic carbocycles. The normalized spacial score (nSPS) is 12.7. The number of hydrogen-bond donors (Lipinski definition) is 4. The summed E-state index contributed by atoms with van der Waals surface area (Å²) in [7, 11) is 0. The lowest BCUT2D eigenvalue weighted by atomic mass is 9.93. The minimum atomic E-state index is -0.557. The van der Waals surface area contributed by atoms with Gasteiger partial charge in [0.05, 0.1) is 25.3 Å². The minimum Gasteiger partial charge on any atom is -0.466 e. The summed E-state index contributed by atoms with van der Waals surface area (Å²) in [4.78, 5) is 25.3. The highest BCUT2D eigenvalue weighted by atomic mass is 35.5. The molecular formula is C25H29ClFN5O4. The molecule has 0 aliphatic heterocycles. The van der Waals surface area contributed by atoms with E-state index in [1.807, 2.05) is 12.1 Å².